The lowest BCUT2D eigenvalue weighted by Crippen LogP contribution is -2.29. The molecule has 2 N–H and O–H groups in total. The van der Waals surface area contributed by atoms with Crippen LogP contribution in [-0.4, -0.2) is 23.5 Å². The highest BCUT2D eigenvalue weighted by atomic mass is 15.1. The van der Waals surface area contributed by atoms with Crippen molar-refractivity contribution < 1.29 is 0 Å². The second-order valence-corrected chi connectivity index (χ2v) is 5.93. The number of aromatic nitrogens is 1. The van der Waals surface area contributed by atoms with E-state index in [0.717, 1.165) is 24.5 Å². The molecule has 0 aliphatic carbocycles. The van der Waals surface area contributed by atoms with Gasteiger partial charge in [0.05, 0.1) is 5.69 Å². The van der Waals surface area contributed by atoms with E-state index in [4.69, 9.17) is 5.73 Å². The van der Waals surface area contributed by atoms with E-state index in [0.29, 0.717) is 0 Å². The van der Waals surface area contributed by atoms with Crippen LogP contribution in [0, 0.1) is 20.8 Å². The first-order valence-corrected chi connectivity index (χ1v) is 7.39. The van der Waals surface area contributed by atoms with Gasteiger partial charge in [0, 0.05) is 24.8 Å². The summed E-state index contributed by atoms with van der Waals surface area (Å²) in [6.07, 6.45) is 0. The molecule has 2 aromatic rings. The number of nitrogens with zero attached hydrogens (tertiary/aromatic N) is 2. The molecule has 0 aliphatic heterocycles. The van der Waals surface area contributed by atoms with Gasteiger partial charge in [0.1, 0.15) is 0 Å². The minimum absolute atomic E-state index is 0.0275. The smallest absolute Gasteiger partial charge is 0.0547 e. The zero-order valence-corrected chi connectivity index (χ0v) is 13.4. The summed E-state index contributed by atoms with van der Waals surface area (Å²) in [7, 11) is 2.09. The van der Waals surface area contributed by atoms with Crippen LogP contribution in [0.5, 0.6) is 0 Å². The van der Waals surface area contributed by atoms with Crippen LogP contribution < -0.4 is 5.73 Å². The SMILES string of the molecule is Cc1ccc(C)c(C(N)CN(C)Cc2cccc(C)n2)c1. The van der Waals surface area contributed by atoms with Gasteiger partial charge in [-0.25, -0.2) is 0 Å². The number of pyridine rings is 1. The Morgan fingerprint density at radius 3 is 2.62 bits per heavy atom. The Hall–Kier alpha value is -1.71. The Labute approximate surface area is 127 Å². The van der Waals surface area contributed by atoms with Gasteiger partial charge in [-0.1, -0.05) is 29.8 Å². The van der Waals surface area contributed by atoms with Crippen LogP contribution in [0.15, 0.2) is 36.4 Å². The second-order valence-electron chi connectivity index (χ2n) is 5.93. The van der Waals surface area contributed by atoms with Crippen molar-refractivity contribution in [2.75, 3.05) is 13.6 Å². The van der Waals surface area contributed by atoms with Crippen LogP contribution in [0.25, 0.3) is 0 Å². The monoisotopic (exact) mass is 283 g/mol. The first kappa shape index (κ1) is 15.7. The molecule has 0 amide bonds. The number of benzene rings is 1. The average Bonchev–Trinajstić information content (AvgIpc) is 2.41. The minimum Gasteiger partial charge on any atom is -0.323 e. The first-order chi connectivity index (χ1) is 9.95. The van der Waals surface area contributed by atoms with E-state index < -0.39 is 0 Å². The van der Waals surface area contributed by atoms with E-state index in [1.807, 2.05) is 13.0 Å². The predicted octanol–water partition coefficient (Wildman–Crippen LogP) is 3.14. The molecule has 0 spiro atoms. The molecule has 21 heavy (non-hydrogen) atoms. The third-order valence-electron chi connectivity index (χ3n) is 3.72. The van der Waals surface area contributed by atoms with Crippen molar-refractivity contribution in [2.24, 2.45) is 5.73 Å². The predicted molar refractivity (Wildman–Crippen MR) is 88.2 cm³/mol. The van der Waals surface area contributed by atoms with Gasteiger partial charge in [0.2, 0.25) is 0 Å². The lowest BCUT2D eigenvalue weighted by atomic mass is 9.99. The molecule has 1 unspecified atom stereocenters. The Balaban J connectivity index is 2.01. The van der Waals surface area contributed by atoms with Crippen LogP contribution in [0.3, 0.4) is 0 Å². The number of likely N-dealkylation sites (N-methyl/N-ethyl adjacent to an activating group) is 1. The van der Waals surface area contributed by atoms with Crippen LogP contribution in [0.4, 0.5) is 0 Å². The van der Waals surface area contributed by atoms with Gasteiger partial charge in [-0.3, -0.25) is 9.88 Å². The van der Waals surface area contributed by atoms with Crippen LogP contribution in [-0.2, 0) is 6.54 Å². The number of aryl methyl sites for hydroxylation is 3. The summed E-state index contributed by atoms with van der Waals surface area (Å²) in [5.41, 5.74) is 12.3. The van der Waals surface area contributed by atoms with Crippen molar-refractivity contribution in [2.45, 2.75) is 33.4 Å². The second kappa shape index (κ2) is 6.83. The molecular formula is C18H25N3. The quantitative estimate of drug-likeness (QED) is 0.916. The standard InChI is InChI=1S/C18H25N3/c1-13-8-9-14(2)17(10-13)18(19)12-21(4)11-16-7-5-6-15(3)20-16/h5-10,18H,11-12,19H2,1-4H3. The van der Waals surface area contributed by atoms with Gasteiger partial charge >= 0.3 is 0 Å². The summed E-state index contributed by atoms with van der Waals surface area (Å²) in [5, 5.41) is 0. The van der Waals surface area contributed by atoms with Crippen molar-refractivity contribution in [1.29, 1.82) is 0 Å². The molecular weight excluding hydrogens is 258 g/mol. The molecule has 3 heteroatoms. The summed E-state index contributed by atoms with van der Waals surface area (Å²) in [6, 6.07) is 12.6. The maximum absolute atomic E-state index is 6.39. The molecule has 2 rings (SSSR count). The molecule has 112 valence electrons. The Kier molecular flexibility index (Phi) is 5.10. The topological polar surface area (TPSA) is 42.1 Å². The van der Waals surface area contributed by atoms with Crippen LogP contribution >= 0.6 is 0 Å². The van der Waals surface area contributed by atoms with Gasteiger partial charge in [0.15, 0.2) is 0 Å². The first-order valence-electron chi connectivity index (χ1n) is 7.39. The van der Waals surface area contributed by atoms with Gasteiger partial charge in [-0.15, -0.1) is 0 Å². The maximum Gasteiger partial charge on any atom is 0.0547 e. The molecule has 0 bridgehead atoms. The van der Waals surface area contributed by atoms with Crippen molar-refractivity contribution in [3.8, 4) is 0 Å². The highest BCUT2D eigenvalue weighted by Gasteiger charge is 2.12. The zero-order chi connectivity index (χ0) is 15.4. The lowest BCUT2D eigenvalue weighted by Gasteiger charge is -2.23. The van der Waals surface area contributed by atoms with Crippen LogP contribution in [0.2, 0.25) is 0 Å². The van der Waals surface area contributed by atoms with Gasteiger partial charge in [0.25, 0.3) is 0 Å². The summed E-state index contributed by atoms with van der Waals surface area (Å²) in [4.78, 5) is 6.77. The summed E-state index contributed by atoms with van der Waals surface area (Å²) in [5.74, 6) is 0. The maximum atomic E-state index is 6.39. The third kappa shape index (κ3) is 4.38. The summed E-state index contributed by atoms with van der Waals surface area (Å²) in [6.45, 7) is 7.89. The van der Waals surface area contributed by atoms with Crippen molar-refractivity contribution in [3.63, 3.8) is 0 Å². The zero-order valence-electron chi connectivity index (χ0n) is 13.4. The van der Waals surface area contributed by atoms with E-state index in [1.165, 1.54) is 16.7 Å². The van der Waals surface area contributed by atoms with Crippen molar-refractivity contribution in [3.05, 3.63) is 64.5 Å². The number of rotatable bonds is 5. The van der Waals surface area contributed by atoms with Gasteiger partial charge in [-0.05, 0) is 51.1 Å². The fraction of sp³-hybridized carbons (Fsp3) is 0.389. The van der Waals surface area contributed by atoms with Crippen molar-refractivity contribution in [1.82, 2.24) is 9.88 Å². The molecule has 3 nitrogen and oxygen atoms in total. The molecule has 1 heterocycles. The van der Waals surface area contributed by atoms with E-state index in [2.05, 4.69) is 61.1 Å². The average molecular weight is 283 g/mol. The van der Waals surface area contributed by atoms with E-state index in [1.54, 1.807) is 0 Å². The fourth-order valence-corrected chi connectivity index (χ4v) is 2.62. The Bertz CT molecular complexity index is 607. The Morgan fingerprint density at radius 1 is 1.14 bits per heavy atom. The number of hydrogen-bond acceptors (Lipinski definition) is 3. The highest BCUT2D eigenvalue weighted by molar-refractivity contribution is 5.33. The minimum atomic E-state index is 0.0275. The van der Waals surface area contributed by atoms with E-state index >= 15 is 0 Å². The normalized spacial score (nSPS) is 12.7. The molecule has 1 aromatic carbocycles. The lowest BCUT2D eigenvalue weighted by molar-refractivity contribution is 0.301. The van der Waals surface area contributed by atoms with Gasteiger partial charge < -0.3 is 5.73 Å². The Morgan fingerprint density at radius 2 is 1.90 bits per heavy atom. The molecule has 1 atom stereocenters. The highest BCUT2D eigenvalue weighted by Crippen LogP contribution is 2.18. The van der Waals surface area contributed by atoms with Crippen molar-refractivity contribution >= 4 is 0 Å². The van der Waals surface area contributed by atoms with E-state index in [-0.39, 0.29) is 6.04 Å². The van der Waals surface area contributed by atoms with E-state index in [9.17, 15) is 0 Å². The largest absolute Gasteiger partial charge is 0.323 e. The molecule has 1 aromatic heterocycles. The summed E-state index contributed by atoms with van der Waals surface area (Å²) < 4.78 is 0. The number of nitrogens with two attached hydrogens (primary N) is 1. The molecule has 0 saturated heterocycles. The molecule has 0 aliphatic rings. The number of hydrogen-bond donors (Lipinski definition) is 1. The fourth-order valence-electron chi connectivity index (χ4n) is 2.62. The van der Waals surface area contributed by atoms with Crippen LogP contribution in [0.1, 0.15) is 34.1 Å². The van der Waals surface area contributed by atoms with Gasteiger partial charge in [-0.2, -0.15) is 0 Å². The summed E-state index contributed by atoms with van der Waals surface area (Å²) >= 11 is 0. The molecule has 0 radical (unpaired) electrons. The molecule has 0 fully saturated rings. The molecule has 0 saturated carbocycles. The third-order valence-corrected chi connectivity index (χ3v) is 3.72.